The zero-order chi connectivity index (χ0) is 27.4. The molecule has 0 bridgehead atoms. The molecule has 17 nitrogen and oxygen atoms in total. The fraction of sp³-hybridized carbons (Fsp3) is 1.00. The lowest BCUT2D eigenvalue weighted by molar-refractivity contribution is -0.352. The fourth-order valence-electron chi connectivity index (χ4n) is 4.02. The molecule has 15 atom stereocenters. The summed E-state index contributed by atoms with van der Waals surface area (Å²) in [4.78, 5) is 0. The third kappa shape index (κ3) is 7.10. The van der Waals surface area contributed by atoms with E-state index in [0.29, 0.717) is 0 Å². The molecule has 3 unspecified atom stereocenters. The van der Waals surface area contributed by atoms with Crippen LogP contribution < -0.4 is 0 Å². The van der Waals surface area contributed by atoms with Gasteiger partial charge >= 0.3 is 0 Å². The minimum absolute atomic E-state index is 0.340. The molecule has 3 saturated heterocycles. The van der Waals surface area contributed by atoms with Crippen LogP contribution >= 0.6 is 0 Å². The molecular formula is C20H36O17. The predicted molar refractivity (Wildman–Crippen MR) is 112 cm³/mol. The normalized spacial score (nSPS) is 45.8. The quantitative estimate of drug-likeness (QED) is 0.121. The van der Waals surface area contributed by atoms with Crippen LogP contribution in [0.3, 0.4) is 0 Å². The van der Waals surface area contributed by atoms with Crippen molar-refractivity contribution in [1.82, 2.24) is 0 Å². The van der Waals surface area contributed by atoms with Crippen LogP contribution in [-0.4, -0.2) is 181 Å². The van der Waals surface area contributed by atoms with Crippen LogP contribution in [0, 0.1) is 0 Å². The van der Waals surface area contributed by atoms with Crippen LogP contribution in [0.5, 0.6) is 0 Å². The van der Waals surface area contributed by atoms with Gasteiger partial charge in [-0.15, -0.1) is 0 Å². The van der Waals surface area contributed by atoms with Gasteiger partial charge in [-0.05, 0) is 0 Å². The summed E-state index contributed by atoms with van der Waals surface area (Å²) >= 11 is 0. The standard InChI is InChI=1S/C20H36O17/c21-1-6(23)11(25)8(2-22)35-19-16(30)13(27)10(4-33-19)37-20-17(31)14(28)9(5-34-20)36-18-15(29)12(26)7(24)3-32-18/h6-31H,1-5H2/t6-,7+,8-,9?,10?,11+,12-,13-,14-,15?,16+,17+,18+,19+,20-/m0/s1. The van der Waals surface area contributed by atoms with Crippen molar-refractivity contribution in [1.29, 1.82) is 0 Å². The topological polar surface area (TPSA) is 278 Å². The Morgan fingerprint density at radius 3 is 1.57 bits per heavy atom. The fourth-order valence-corrected chi connectivity index (χ4v) is 4.02. The van der Waals surface area contributed by atoms with Gasteiger partial charge in [0.15, 0.2) is 18.9 Å². The van der Waals surface area contributed by atoms with E-state index in [-0.39, 0.29) is 13.2 Å². The van der Waals surface area contributed by atoms with Gasteiger partial charge in [0.05, 0.1) is 33.0 Å². The first-order valence-corrected chi connectivity index (χ1v) is 11.7. The second-order valence-electron chi connectivity index (χ2n) is 9.06. The van der Waals surface area contributed by atoms with E-state index in [2.05, 4.69) is 0 Å². The zero-order valence-corrected chi connectivity index (χ0v) is 19.6. The van der Waals surface area contributed by atoms with Crippen molar-refractivity contribution in [2.75, 3.05) is 33.0 Å². The third-order valence-electron chi connectivity index (χ3n) is 6.39. The van der Waals surface area contributed by atoms with Crippen LogP contribution in [0.1, 0.15) is 0 Å². The zero-order valence-electron chi connectivity index (χ0n) is 19.6. The molecule has 0 aromatic rings. The summed E-state index contributed by atoms with van der Waals surface area (Å²) < 4.78 is 31.8. The minimum atomic E-state index is -1.78. The first-order chi connectivity index (χ1) is 17.5. The van der Waals surface area contributed by atoms with Crippen LogP contribution in [-0.2, 0) is 28.4 Å². The van der Waals surface area contributed by atoms with E-state index in [1.807, 2.05) is 0 Å². The van der Waals surface area contributed by atoms with Gasteiger partial charge in [0.2, 0.25) is 0 Å². The molecule has 0 aromatic heterocycles. The molecule has 17 heteroatoms. The van der Waals surface area contributed by atoms with Crippen molar-refractivity contribution >= 4 is 0 Å². The van der Waals surface area contributed by atoms with Crippen molar-refractivity contribution in [3.63, 3.8) is 0 Å². The molecule has 3 fully saturated rings. The van der Waals surface area contributed by atoms with Gasteiger partial charge in [0, 0.05) is 0 Å². The molecule has 3 aliphatic rings. The predicted octanol–water partition coefficient (Wildman–Crippen LogP) is -7.56. The van der Waals surface area contributed by atoms with E-state index < -0.39 is 112 Å². The van der Waals surface area contributed by atoms with E-state index in [1.54, 1.807) is 0 Å². The number of hydrogen-bond donors (Lipinski definition) is 11. The summed E-state index contributed by atoms with van der Waals surface area (Å²) in [6.07, 6.45) is -23.2. The second kappa shape index (κ2) is 13.6. The maximum Gasteiger partial charge on any atom is 0.186 e. The summed E-state index contributed by atoms with van der Waals surface area (Å²) in [5.74, 6) is 0. The Bertz CT molecular complexity index is 653. The molecule has 3 aliphatic heterocycles. The van der Waals surface area contributed by atoms with Crippen molar-refractivity contribution in [2.45, 2.75) is 92.1 Å². The van der Waals surface area contributed by atoms with Gasteiger partial charge in [-0.2, -0.15) is 0 Å². The molecule has 3 rings (SSSR count). The summed E-state index contributed by atoms with van der Waals surface area (Å²) in [7, 11) is 0. The van der Waals surface area contributed by atoms with Crippen molar-refractivity contribution < 1.29 is 84.6 Å². The lowest BCUT2D eigenvalue weighted by atomic mass is 10.0. The monoisotopic (exact) mass is 548 g/mol. The first kappa shape index (κ1) is 30.9. The maximum atomic E-state index is 10.5. The Kier molecular flexibility index (Phi) is 11.3. The molecule has 218 valence electrons. The van der Waals surface area contributed by atoms with Gasteiger partial charge in [0.25, 0.3) is 0 Å². The number of aliphatic hydroxyl groups excluding tert-OH is 11. The van der Waals surface area contributed by atoms with Crippen LogP contribution in [0.4, 0.5) is 0 Å². The number of ether oxygens (including phenoxy) is 6. The van der Waals surface area contributed by atoms with Crippen LogP contribution in [0.15, 0.2) is 0 Å². The Hall–Kier alpha value is -0.680. The van der Waals surface area contributed by atoms with Gasteiger partial charge in [0.1, 0.15) is 73.2 Å². The van der Waals surface area contributed by atoms with Gasteiger partial charge < -0.3 is 84.6 Å². The molecule has 0 aromatic carbocycles. The van der Waals surface area contributed by atoms with E-state index in [9.17, 15) is 51.1 Å². The molecule has 3 heterocycles. The molecule has 0 amide bonds. The van der Waals surface area contributed by atoms with Crippen molar-refractivity contribution in [3.05, 3.63) is 0 Å². The van der Waals surface area contributed by atoms with Crippen molar-refractivity contribution in [2.24, 2.45) is 0 Å². The number of rotatable bonds is 10. The van der Waals surface area contributed by atoms with E-state index in [1.165, 1.54) is 0 Å². The van der Waals surface area contributed by atoms with E-state index in [0.717, 1.165) is 0 Å². The molecule has 11 N–H and O–H groups in total. The smallest absolute Gasteiger partial charge is 0.186 e. The van der Waals surface area contributed by atoms with Gasteiger partial charge in [-0.25, -0.2) is 0 Å². The van der Waals surface area contributed by atoms with Crippen LogP contribution in [0.25, 0.3) is 0 Å². The SMILES string of the molecule is OC[C@H](O[C@H]1OCC(O[C@@H]2OCC(O[C@H]3OC[C@@H](O)[C@H](O)C3O)[C@H](O)[C@H]2O)[C@H](O)[C@H]1O)[C@H](O)[C@@H](O)CO. The average Bonchev–Trinajstić information content (AvgIpc) is 2.89. The van der Waals surface area contributed by atoms with E-state index >= 15 is 0 Å². The van der Waals surface area contributed by atoms with E-state index in [4.69, 9.17) is 33.5 Å². The second-order valence-corrected chi connectivity index (χ2v) is 9.06. The molecule has 0 saturated carbocycles. The lowest BCUT2D eigenvalue weighted by Gasteiger charge is -2.44. The van der Waals surface area contributed by atoms with Gasteiger partial charge in [-0.1, -0.05) is 0 Å². The maximum absolute atomic E-state index is 10.5. The highest BCUT2D eigenvalue weighted by Crippen LogP contribution is 2.27. The Labute approximate surface area is 210 Å². The third-order valence-corrected chi connectivity index (χ3v) is 6.39. The number of hydrogen-bond acceptors (Lipinski definition) is 17. The molecule has 0 radical (unpaired) electrons. The molecule has 37 heavy (non-hydrogen) atoms. The largest absolute Gasteiger partial charge is 0.394 e. The summed E-state index contributed by atoms with van der Waals surface area (Å²) in [5.41, 5.74) is 0. The van der Waals surface area contributed by atoms with Crippen molar-refractivity contribution in [3.8, 4) is 0 Å². The first-order valence-electron chi connectivity index (χ1n) is 11.7. The summed E-state index contributed by atoms with van der Waals surface area (Å²) in [5, 5.41) is 109. The highest BCUT2D eigenvalue weighted by molar-refractivity contribution is 4.90. The minimum Gasteiger partial charge on any atom is -0.394 e. The molecule has 0 aliphatic carbocycles. The summed E-state index contributed by atoms with van der Waals surface area (Å²) in [6, 6.07) is 0. The molecular weight excluding hydrogens is 512 g/mol. The van der Waals surface area contributed by atoms with Gasteiger partial charge in [-0.3, -0.25) is 0 Å². The highest BCUT2D eigenvalue weighted by Gasteiger charge is 2.48. The average molecular weight is 548 g/mol. The Morgan fingerprint density at radius 1 is 0.595 bits per heavy atom. The lowest BCUT2D eigenvalue weighted by Crippen LogP contribution is -2.62. The number of aliphatic hydroxyl groups is 11. The highest BCUT2D eigenvalue weighted by atomic mass is 16.7. The molecule has 0 spiro atoms. The Morgan fingerprint density at radius 2 is 1.05 bits per heavy atom. The van der Waals surface area contributed by atoms with Crippen LogP contribution in [0.2, 0.25) is 0 Å². The Balaban J connectivity index is 1.52. The summed E-state index contributed by atoms with van der Waals surface area (Å²) in [6.45, 7) is -2.78.